The van der Waals surface area contributed by atoms with E-state index in [9.17, 15) is 27.2 Å². The second-order valence-corrected chi connectivity index (χ2v) is 10.6. The normalized spacial score (nSPS) is 19.8. The Hall–Kier alpha value is -4.79. The van der Waals surface area contributed by atoms with Crippen LogP contribution >= 0.6 is 0 Å². The molecule has 0 saturated carbocycles. The number of amides is 2. The fourth-order valence-corrected chi connectivity index (χ4v) is 5.44. The van der Waals surface area contributed by atoms with Crippen molar-refractivity contribution in [2.24, 2.45) is 0 Å². The SMILES string of the molecule is COc1ncc(-c2cc(CN3CC(F)(F)C3)c3c(N)ncnn23)cc1C(=O)N[C@@H]1CN(C(=O)c2ccc(F)cc2)C[C@@H]1F. The lowest BCUT2D eigenvalue weighted by atomic mass is 10.1. The molecular formula is C28H26F4N8O3. The Morgan fingerprint density at radius 1 is 1.14 bits per heavy atom. The van der Waals surface area contributed by atoms with E-state index in [1.54, 1.807) is 11.0 Å². The highest BCUT2D eigenvalue weighted by Gasteiger charge is 2.44. The number of halogens is 4. The molecule has 224 valence electrons. The number of alkyl halides is 3. The molecule has 2 fully saturated rings. The Kier molecular flexibility index (Phi) is 7.12. The van der Waals surface area contributed by atoms with Crippen molar-refractivity contribution in [3.8, 4) is 17.1 Å². The van der Waals surface area contributed by atoms with Gasteiger partial charge in [-0.25, -0.2) is 32.0 Å². The first-order valence-electron chi connectivity index (χ1n) is 13.3. The Morgan fingerprint density at radius 3 is 2.58 bits per heavy atom. The summed E-state index contributed by atoms with van der Waals surface area (Å²) in [5, 5.41) is 6.90. The van der Waals surface area contributed by atoms with Gasteiger partial charge in [0, 0.05) is 30.4 Å². The maximum atomic E-state index is 15.0. The number of nitrogens with two attached hydrogens (primary N) is 1. The molecule has 1 aromatic carbocycles. The molecule has 0 spiro atoms. The minimum absolute atomic E-state index is 0.00331. The molecule has 2 aliphatic rings. The van der Waals surface area contributed by atoms with Gasteiger partial charge in [-0.05, 0) is 42.0 Å². The summed E-state index contributed by atoms with van der Waals surface area (Å²) in [6.07, 6.45) is 1.15. The number of hydrogen-bond acceptors (Lipinski definition) is 8. The molecule has 2 amide bonds. The zero-order chi connectivity index (χ0) is 30.5. The monoisotopic (exact) mass is 598 g/mol. The van der Waals surface area contributed by atoms with Gasteiger partial charge in [-0.3, -0.25) is 14.5 Å². The van der Waals surface area contributed by atoms with Crippen LogP contribution in [0, 0.1) is 5.82 Å². The summed E-state index contributed by atoms with van der Waals surface area (Å²) in [5.41, 5.74) is 8.26. The second-order valence-electron chi connectivity index (χ2n) is 10.6. The first-order chi connectivity index (χ1) is 20.5. The topological polar surface area (TPSA) is 131 Å². The van der Waals surface area contributed by atoms with E-state index in [1.807, 2.05) is 0 Å². The van der Waals surface area contributed by atoms with E-state index in [4.69, 9.17) is 10.5 Å². The number of hydrogen-bond donors (Lipinski definition) is 2. The zero-order valence-electron chi connectivity index (χ0n) is 22.8. The van der Waals surface area contributed by atoms with Crippen molar-refractivity contribution < 1.29 is 31.9 Å². The zero-order valence-corrected chi connectivity index (χ0v) is 22.8. The van der Waals surface area contributed by atoms with Crippen LogP contribution in [0.25, 0.3) is 16.8 Å². The molecule has 11 nitrogen and oxygen atoms in total. The maximum Gasteiger partial charge on any atom is 0.272 e. The minimum Gasteiger partial charge on any atom is -0.480 e. The Morgan fingerprint density at radius 2 is 1.88 bits per heavy atom. The highest BCUT2D eigenvalue weighted by atomic mass is 19.3. The number of carbonyl (C=O) groups excluding carboxylic acids is 2. The number of nitrogens with zero attached hydrogens (tertiary/aromatic N) is 6. The quantitative estimate of drug-likeness (QED) is 0.311. The fraction of sp³-hybridized carbons (Fsp3) is 0.321. The molecule has 15 heteroatoms. The molecule has 5 heterocycles. The second kappa shape index (κ2) is 10.8. The third-order valence-corrected chi connectivity index (χ3v) is 7.49. The lowest BCUT2D eigenvalue weighted by Crippen LogP contribution is -2.55. The van der Waals surface area contributed by atoms with Crippen molar-refractivity contribution in [3.05, 3.63) is 71.4 Å². The standard InChI is InChI=1S/C28H26F4N8O3/c1-43-26-19(25(41)37-21-11-39(10-20(21)30)27(42)15-2-4-18(29)5-3-15)6-16(8-34-26)22-7-17(9-38-12-28(31,32)13-38)23-24(33)35-14-36-40(22)23/h2-8,14,20-21H,9-13H2,1H3,(H,37,41)(H2,33,35,36)/t20-,21+/m0/s1. The average Bonchev–Trinajstić information content (AvgIpc) is 3.52. The van der Waals surface area contributed by atoms with Gasteiger partial charge in [0.15, 0.2) is 5.82 Å². The summed E-state index contributed by atoms with van der Waals surface area (Å²) < 4.78 is 61.9. The van der Waals surface area contributed by atoms with Crippen LogP contribution in [0.15, 0.2) is 48.9 Å². The molecule has 43 heavy (non-hydrogen) atoms. The highest BCUT2D eigenvalue weighted by molar-refractivity contribution is 5.98. The van der Waals surface area contributed by atoms with Gasteiger partial charge in [-0.2, -0.15) is 5.10 Å². The number of fused-ring (bicyclic) bond motifs is 1. The van der Waals surface area contributed by atoms with Gasteiger partial charge < -0.3 is 20.7 Å². The van der Waals surface area contributed by atoms with Crippen LogP contribution in [0.5, 0.6) is 5.88 Å². The summed E-state index contributed by atoms with van der Waals surface area (Å²) in [6.45, 7) is -0.937. The third-order valence-electron chi connectivity index (χ3n) is 7.49. The molecule has 3 aromatic heterocycles. The molecule has 0 radical (unpaired) electrons. The van der Waals surface area contributed by atoms with Crippen molar-refractivity contribution >= 4 is 23.1 Å². The molecule has 3 N–H and O–H groups in total. The third kappa shape index (κ3) is 5.43. The van der Waals surface area contributed by atoms with Gasteiger partial charge in [0.25, 0.3) is 17.7 Å². The van der Waals surface area contributed by atoms with Gasteiger partial charge in [-0.15, -0.1) is 0 Å². The Labute approximate surface area is 242 Å². The van der Waals surface area contributed by atoms with Crippen LogP contribution in [0.3, 0.4) is 0 Å². The van der Waals surface area contributed by atoms with E-state index in [1.165, 1.54) is 47.2 Å². The summed E-state index contributed by atoms with van der Waals surface area (Å²) in [5.74, 6) is -4.29. The van der Waals surface area contributed by atoms with Gasteiger partial charge in [0.05, 0.1) is 38.5 Å². The van der Waals surface area contributed by atoms with E-state index in [-0.39, 0.29) is 55.5 Å². The van der Waals surface area contributed by atoms with Crippen molar-refractivity contribution in [2.75, 3.05) is 39.0 Å². The molecule has 2 aliphatic heterocycles. The largest absolute Gasteiger partial charge is 0.480 e. The molecule has 6 rings (SSSR count). The van der Waals surface area contributed by atoms with Crippen LogP contribution in [-0.2, 0) is 6.54 Å². The molecule has 4 aromatic rings. The van der Waals surface area contributed by atoms with Crippen molar-refractivity contribution in [3.63, 3.8) is 0 Å². The van der Waals surface area contributed by atoms with Crippen LogP contribution in [0.4, 0.5) is 23.4 Å². The summed E-state index contributed by atoms with van der Waals surface area (Å²) in [4.78, 5) is 37.3. The van der Waals surface area contributed by atoms with Gasteiger partial charge in [0.1, 0.15) is 29.4 Å². The number of likely N-dealkylation sites (tertiary alicyclic amines) is 2. The number of anilines is 1. The van der Waals surface area contributed by atoms with Crippen LogP contribution < -0.4 is 15.8 Å². The summed E-state index contributed by atoms with van der Waals surface area (Å²) in [6, 6.07) is 7.10. The lowest BCUT2D eigenvalue weighted by Gasteiger charge is -2.38. The number of rotatable bonds is 7. The first kappa shape index (κ1) is 28.3. The predicted molar refractivity (Wildman–Crippen MR) is 146 cm³/mol. The van der Waals surface area contributed by atoms with E-state index in [2.05, 4.69) is 20.4 Å². The summed E-state index contributed by atoms with van der Waals surface area (Å²) >= 11 is 0. The van der Waals surface area contributed by atoms with E-state index >= 15 is 0 Å². The maximum absolute atomic E-state index is 15.0. The highest BCUT2D eigenvalue weighted by Crippen LogP contribution is 2.34. The molecular weight excluding hydrogens is 572 g/mol. The number of pyridine rings is 1. The first-order valence-corrected chi connectivity index (χ1v) is 13.3. The Bertz CT molecular complexity index is 1710. The molecule has 2 saturated heterocycles. The van der Waals surface area contributed by atoms with Crippen molar-refractivity contribution in [2.45, 2.75) is 24.7 Å². The minimum atomic E-state index is -2.74. The van der Waals surface area contributed by atoms with Crippen LogP contribution in [0.2, 0.25) is 0 Å². The molecule has 0 aliphatic carbocycles. The number of aromatic nitrogens is 4. The number of benzene rings is 1. The smallest absolute Gasteiger partial charge is 0.272 e. The summed E-state index contributed by atoms with van der Waals surface area (Å²) in [7, 11) is 1.33. The fourth-order valence-electron chi connectivity index (χ4n) is 5.44. The van der Waals surface area contributed by atoms with Gasteiger partial charge >= 0.3 is 0 Å². The number of nitrogen functional groups attached to an aromatic ring is 1. The number of ether oxygens (including phenoxy) is 1. The van der Waals surface area contributed by atoms with E-state index in [0.29, 0.717) is 22.3 Å². The van der Waals surface area contributed by atoms with Gasteiger partial charge in [-0.1, -0.05) is 0 Å². The van der Waals surface area contributed by atoms with Crippen molar-refractivity contribution in [1.29, 1.82) is 0 Å². The molecule has 0 bridgehead atoms. The van der Waals surface area contributed by atoms with Crippen LogP contribution in [0.1, 0.15) is 26.3 Å². The predicted octanol–water partition coefficient (Wildman–Crippen LogP) is 2.56. The van der Waals surface area contributed by atoms with Crippen LogP contribution in [-0.4, -0.2) is 92.6 Å². The molecule has 2 atom stereocenters. The number of nitrogens with one attached hydrogen (secondary N) is 1. The van der Waals surface area contributed by atoms with Crippen molar-refractivity contribution in [1.82, 2.24) is 34.7 Å². The van der Waals surface area contributed by atoms with E-state index < -0.39 is 35.8 Å². The van der Waals surface area contributed by atoms with E-state index in [0.717, 1.165) is 12.1 Å². The average molecular weight is 599 g/mol. The van der Waals surface area contributed by atoms with Gasteiger partial charge in [0.2, 0.25) is 5.88 Å². The number of carbonyl (C=O) groups is 2. The lowest BCUT2D eigenvalue weighted by molar-refractivity contribution is -0.133. The molecule has 0 unspecified atom stereocenters. The Balaban J connectivity index is 1.25. The number of methoxy groups -OCH3 is 1.